The van der Waals surface area contributed by atoms with Gasteiger partial charge >= 0.3 is 0 Å². The maximum absolute atomic E-state index is 13.1. The number of benzene rings is 1. The first-order chi connectivity index (χ1) is 11.6. The Kier molecular flexibility index (Phi) is 3.97. The fourth-order valence-corrected chi connectivity index (χ4v) is 4.13. The van der Waals surface area contributed by atoms with Gasteiger partial charge in [0.05, 0.1) is 30.9 Å². The average molecular weight is 347 g/mol. The molecule has 1 aromatic carbocycles. The number of nitrogens with zero attached hydrogens (tertiary/aromatic N) is 3. The second-order valence-electron chi connectivity index (χ2n) is 6.16. The fraction of sp³-hybridized carbons (Fsp3) is 0.412. The molecule has 3 heterocycles. The molecule has 5 nitrogen and oxygen atoms in total. The van der Waals surface area contributed by atoms with Gasteiger partial charge in [-0.1, -0.05) is 0 Å². The molecule has 2 atom stereocenters. The number of anilines is 1. The smallest absolute Gasteiger partial charge is 0.225 e. The SMILES string of the molecule is CN1C(=O)CCO[C@H]2CN(c3nc(-c4ccc(F)cc4)cs3)C[C@@H]21. The predicted molar refractivity (Wildman–Crippen MR) is 90.6 cm³/mol. The first-order valence-electron chi connectivity index (χ1n) is 7.95. The normalized spacial score (nSPS) is 24.2. The lowest BCUT2D eigenvalue weighted by molar-refractivity contribution is -0.130. The Morgan fingerprint density at radius 2 is 2.08 bits per heavy atom. The van der Waals surface area contributed by atoms with Gasteiger partial charge < -0.3 is 14.5 Å². The van der Waals surface area contributed by atoms with E-state index in [0.29, 0.717) is 13.0 Å². The number of thiazole rings is 1. The van der Waals surface area contributed by atoms with Crippen LogP contribution in [-0.2, 0) is 9.53 Å². The van der Waals surface area contributed by atoms with Gasteiger partial charge in [0, 0.05) is 31.1 Å². The van der Waals surface area contributed by atoms with Crippen molar-refractivity contribution in [3.05, 3.63) is 35.5 Å². The maximum Gasteiger partial charge on any atom is 0.225 e. The number of fused-ring (bicyclic) bond motifs is 1. The molecule has 0 saturated carbocycles. The van der Waals surface area contributed by atoms with E-state index in [-0.39, 0.29) is 23.9 Å². The summed E-state index contributed by atoms with van der Waals surface area (Å²) in [5, 5.41) is 2.89. The first-order valence-corrected chi connectivity index (χ1v) is 8.83. The van der Waals surface area contributed by atoms with E-state index in [2.05, 4.69) is 9.88 Å². The van der Waals surface area contributed by atoms with Crippen LogP contribution in [0.4, 0.5) is 9.52 Å². The van der Waals surface area contributed by atoms with Gasteiger partial charge in [-0.15, -0.1) is 11.3 Å². The standard InChI is InChI=1S/C17H18FN3O2S/c1-20-14-8-21(9-15(14)23-7-6-16(20)22)17-19-13(10-24-17)11-2-4-12(18)5-3-11/h2-5,10,14-15H,6-9H2,1H3/t14-,15-/m0/s1. The zero-order valence-corrected chi connectivity index (χ0v) is 14.1. The van der Waals surface area contributed by atoms with Crippen LogP contribution in [0.25, 0.3) is 11.3 Å². The van der Waals surface area contributed by atoms with Crippen molar-refractivity contribution < 1.29 is 13.9 Å². The van der Waals surface area contributed by atoms with E-state index in [0.717, 1.165) is 29.5 Å². The third-order valence-corrected chi connectivity index (χ3v) is 5.58. The number of hydrogen-bond donors (Lipinski definition) is 0. The number of halogens is 1. The highest BCUT2D eigenvalue weighted by atomic mass is 32.1. The Morgan fingerprint density at radius 1 is 1.29 bits per heavy atom. The highest BCUT2D eigenvalue weighted by molar-refractivity contribution is 7.14. The minimum absolute atomic E-state index is 0.0274. The lowest BCUT2D eigenvalue weighted by Gasteiger charge is -2.24. The van der Waals surface area contributed by atoms with Crippen LogP contribution in [0.5, 0.6) is 0 Å². The van der Waals surface area contributed by atoms with Crippen LogP contribution in [0.2, 0.25) is 0 Å². The van der Waals surface area contributed by atoms with E-state index in [4.69, 9.17) is 4.74 Å². The van der Waals surface area contributed by atoms with Crippen molar-refractivity contribution in [2.24, 2.45) is 0 Å². The summed E-state index contributed by atoms with van der Waals surface area (Å²) in [7, 11) is 1.85. The number of carbonyl (C=O) groups excluding carboxylic acids is 1. The summed E-state index contributed by atoms with van der Waals surface area (Å²) in [4.78, 5) is 20.7. The van der Waals surface area contributed by atoms with Gasteiger partial charge in [-0.2, -0.15) is 0 Å². The highest BCUT2D eigenvalue weighted by Crippen LogP contribution is 2.32. The molecule has 0 N–H and O–H groups in total. The number of amides is 1. The van der Waals surface area contributed by atoms with Crippen molar-refractivity contribution in [2.45, 2.75) is 18.6 Å². The molecule has 2 aliphatic heterocycles. The maximum atomic E-state index is 13.1. The van der Waals surface area contributed by atoms with E-state index in [1.807, 2.05) is 17.3 Å². The summed E-state index contributed by atoms with van der Waals surface area (Å²) >= 11 is 1.56. The molecule has 0 bridgehead atoms. The summed E-state index contributed by atoms with van der Waals surface area (Å²) in [5.74, 6) is -0.116. The number of ether oxygens (including phenoxy) is 1. The minimum atomic E-state index is -0.251. The molecule has 126 valence electrons. The summed E-state index contributed by atoms with van der Waals surface area (Å²) in [5.41, 5.74) is 1.74. The number of hydrogen-bond acceptors (Lipinski definition) is 5. The lowest BCUT2D eigenvalue weighted by atomic mass is 10.2. The van der Waals surface area contributed by atoms with Gasteiger partial charge in [0.2, 0.25) is 5.91 Å². The minimum Gasteiger partial charge on any atom is -0.374 e. The Balaban J connectivity index is 1.53. The van der Waals surface area contributed by atoms with E-state index >= 15 is 0 Å². The van der Waals surface area contributed by atoms with Gasteiger partial charge in [0.1, 0.15) is 5.82 Å². The molecule has 0 spiro atoms. The van der Waals surface area contributed by atoms with Crippen molar-refractivity contribution in [3.63, 3.8) is 0 Å². The molecule has 0 radical (unpaired) electrons. The number of carbonyl (C=O) groups is 1. The van der Waals surface area contributed by atoms with E-state index in [1.165, 1.54) is 12.1 Å². The van der Waals surface area contributed by atoms with Gasteiger partial charge in [0.15, 0.2) is 5.13 Å². The van der Waals surface area contributed by atoms with E-state index in [1.54, 1.807) is 23.5 Å². The van der Waals surface area contributed by atoms with Gasteiger partial charge in [-0.3, -0.25) is 4.79 Å². The third-order valence-electron chi connectivity index (χ3n) is 4.68. The Bertz CT molecular complexity index is 749. The second-order valence-corrected chi connectivity index (χ2v) is 6.99. The molecule has 1 aromatic heterocycles. The topological polar surface area (TPSA) is 45.7 Å². The van der Waals surface area contributed by atoms with Crippen LogP contribution in [0.3, 0.4) is 0 Å². The third kappa shape index (κ3) is 2.78. The highest BCUT2D eigenvalue weighted by Gasteiger charge is 2.40. The van der Waals surface area contributed by atoms with Gasteiger partial charge in [-0.25, -0.2) is 9.37 Å². The molecule has 2 aromatic rings. The van der Waals surface area contributed by atoms with E-state index in [9.17, 15) is 9.18 Å². The van der Waals surface area contributed by atoms with Crippen molar-refractivity contribution in [1.82, 2.24) is 9.88 Å². The molecule has 24 heavy (non-hydrogen) atoms. The van der Waals surface area contributed by atoms with Crippen LogP contribution in [0.15, 0.2) is 29.6 Å². The molecule has 4 rings (SSSR count). The number of aromatic nitrogens is 1. The second kappa shape index (κ2) is 6.14. The molecule has 7 heteroatoms. The average Bonchev–Trinajstić information content (AvgIpc) is 3.19. The molecule has 2 fully saturated rings. The van der Waals surface area contributed by atoms with Gasteiger partial charge in [0.25, 0.3) is 0 Å². The van der Waals surface area contributed by atoms with Crippen LogP contribution >= 0.6 is 11.3 Å². The Labute approximate surface area is 143 Å². The van der Waals surface area contributed by atoms with Crippen LogP contribution in [-0.4, -0.2) is 54.7 Å². The monoisotopic (exact) mass is 347 g/mol. The zero-order valence-electron chi connectivity index (χ0n) is 13.3. The largest absolute Gasteiger partial charge is 0.374 e. The summed E-state index contributed by atoms with van der Waals surface area (Å²) in [6.07, 6.45) is 0.481. The molecule has 2 saturated heterocycles. The molecular weight excluding hydrogens is 329 g/mol. The molecule has 2 aliphatic rings. The quantitative estimate of drug-likeness (QED) is 0.837. The fourth-order valence-electron chi connectivity index (χ4n) is 3.27. The van der Waals surface area contributed by atoms with Crippen LogP contribution in [0, 0.1) is 5.82 Å². The van der Waals surface area contributed by atoms with Crippen LogP contribution < -0.4 is 4.90 Å². The van der Waals surface area contributed by atoms with Crippen molar-refractivity contribution in [3.8, 4) is 11.3 Å². The Hall–Kier alpha value is -1.99. The number of rotatable bonds is 2. The molecule has 1 amide bonds. The van der Waals surface area contributed by atoms with Gasteiger partial charge in [-0.05, 0) is 24.3 Å². The summed E-state index contributed by atoms with van der Waals surface area (Å²) in [6, 6.07) is 6.42. The zero-order chi connectivity index (χ0) is 16.7. The molecule has 0 aliphatic carbocycles. The van der Waals surface area contributed by atoms with Crippen molar-refractivity contribution in [1.29, 1.82) is 0 Å². The number of likely N-dealkylation sites (N-methyl/N-ethyl adjacent to an activating group) is 1. The summed E-state index contributed by atoms with van der Waals surface area (Å²) in [6.45, 7) is 1.94. The lowest BCUT2D eigenvalue weighted by Crippen LogP contribution is -2.42. The Morgan fingerprint density at radius 3 is 2.88 bits per heavy atom. The van der Waals surface area contributed by atoms with E-state index < -0.39 is 0 Å². The van der Waals surface area contributed by atoms with Crippen LogP contribution in [0.1, 0.15) is 6.42 Å². The molecular formula is C17H18FN3O2S. The van der Waals surface area contributed by atoms with Crippen molar-refractivity contribution in [2.75, 3.05) is 31.6 Å². The van der Waals surface area contributed by atoms with Crippen molar-refractivity contribution >= 4 is 22.4 Å². The summed E-state index contributed by atoms with van der Waals surface area (Å²) < 4.78 is 18.9. The predicted octanol–water partition coefficient (Wildman–Crippen LogP) is 2.39. The molecule has 0 unspecified atom stereocenters. The first kappa shape index (κ1) is 15.5.